The molecule has 0 spiro atoms. The van der Waals surface area contributed by atoms with E-state index in [2.05, 4.69) is 34.7 Å². The van der Waals surface area contributed by atoms with Gasteiger partial charge in [0.15, 0.2) is 0 Å². The molecule has 0 unspecified atom stereocenters. The average molecular weight is 323 g/mol. The number of benzene rings is 1. The molecule has 126 valence electrons. The molecule has 1 heterocycles. The lowest BCUT2D eigenvalue weighted by molar-refractivity contribution is 0.0928. The lowest BCUT2D eigenvalue weighted by Crippen LogP contribution is -2.34. The van der Waals surface area contributed by atoms with Crippen molar-refractivity contribution < 1.29 is 4.79 Å². The van der Waals surface area contributed by atoms with E-state index in [-0.39, 0.29) is 11.9 Å². The van der Waals surface area contributed by atoms with Crippen LogP contribution in [0.25, 0.3) is 0 Å². The van der Waals surface area contributed by atoms with Crippen LogP contribution >= 0.6 is 0 Å². The van der Waals surface area contributed by atoms with E-state index in [1.165, 1.54) is 31.2 Å². The van der Waals surface area contributed by atoms with Gasteiger partial charge >= 0.3 is 0 Å². The molecule has 1 amide bonds. The Labute approximate surface area is 143 Å². The van der Waals surface area contributed by atoms with Crippen LogP contribution < -0.4 is 10.6 Å². The van der Waals surface area contributed by atoms with Crippen molar-refractivity contribution in [3.63, 3.8) is 0 Å². The van der Waals surface area contributed by atoms with Crippen molar-refractivity contribution in [1.29, 1.82) is 0 Å². The molecule has 0 atom stereocenters. The molecule has 1 fully saturated rings. The van der Waals surface area contributed by atoms with Crippen molar-refractivity contribution in [3.05, 3.63) is 53.9 Å². The SMILES string of the molecule is Cc1ccc(Nc2ccnc(C(=O)NC3CCCCCC3)c2)cc1. The second-order valence-corrected chi connectivity index (χ2v) is 6.58. The monoisotopic (exact) mass is 323 g/mol. The van der Waals surface area contributed by atoms with Crippen molar-refractivity contribution in [3.8, 4) is 0 Å². The van der Waals surface area contributed by atoms with Gasteiger partial charge in [-0.25, -0.2) is 0 Å². The van der Waals surface area contributed by atoms with Crippen molar-refractivity contribution in [1.82, 2.24) is 10.3 Å². The second kappa shape index (κ2) is 7.95. The minimum atomic E-state index is -0.0746. The van der Waals surface area contributed by atoms with Gasteiger partial charge in [-0.3, -0.25) is 9.78 Å². The number of carbonyl (C=O) groups is 1. The fourth-order valence-electron chi connectivity index (χ4n) is 3.12. The van der Waals surface area contributed by atoms with Gasteiger partial charge in [0.05, 0.1) is 0 Å². The first-order valence-corrected chi connectivity index (χ1v) is 8.81. The van der Waals surface area contributed by atoms with Crippen molar-refractivity contribution in [2.24, 2.45) is 0 Å². The highest BCUT2D eigenvalue weighted by Gasteiger charge is 2.16. The van der Waals surface area contributed by atoms with Crippen LogP contribution in [0.5, 0.6) is 0 Å². The number of anilines is 2. The summed E-state index contributed by atoms with van der Waals surface area (Å²) in [5.41, 5.74) is 3.57. The first-order valence-electron chi connectivity index (χ1n) is 8.81. The minimum absolute atomic E-state index is 0.0746. The van der Waals surface area contributed by atoms with Crippen LogP contribution in [0.1, 0.15) is 54.6 Å². The largest absolute Gasteiger partial charge is 0.355 e. The maximum Gasteiger partial charge on any atom is 0.270 e. The third-order valence-corrected chi connectivity index (χ3v) is 4.52. The fraction of sp³-hybridized carbons (Fsp3) is 0.400. The molecule has 1 aliphatic carbocycles. The predicted molar refractivity (Wildman–Crippen MR) is 97.7 cm³/mol. The number of hydrogen-bond donors (Lipinski definition) is 2. The molecule has 1 saturated carbocycles. The molecule has 0 bridgehead atoms. The Morgan fingerprint density at radius 3 is 2.42 bits per heavy atom. The summed E-state index contributed by atoms with van der Waals surface area (Å²) in [4.78, 5) is 16.7. The number of carbonyl (C=O) groups excluding carboxylic acids is 1. The highest BCUT2D eigenvalue weighted by Crippen LogP contribution is 2.19. The molecule has 2 aromatic rings. The summed E-state index contributed by atoms with van der Waals surface area (Å²) in [5, 5.41) is 6.46. The van der Waals surface area contributed by atoms with Gasteiger partial charge in [0.25, 0.3) is 5.91 Å². The van der Waals surface area contributed by atoms with E-state index in [4.69, 9.17) is 0 Å². The van der Waals surface area contributed by atoms with E-state index in [9.17, 15) is 4.79 Å². The highest BCUT2D eigenvalue weighted by molar-refractivity contribution is 5.93. The third-order valence-electron chi connectivity index (χ3n) is 4.52. The maximum atomic E-state index is 12.5. The number of aryl methyl sites for hydroxylation is 1. The van der Waals surface area contributed by atoms with Crippen LogP contribution in [0.4, 0.5) is 11.4 Å². The predicted octanol–water partition coefficient (Wildman–Crippen LogP) is 4.59. The lowest BCUT2D eigenvalue weighted by atomic mass is 10.1. The molecule has 1 aromatic heterocycles. The van der Waals surface area contributed by atoms with Gasteiger partial charge in [-0.2, -0.15) is 0 Å². The number of rotatable bonds is 4. The molecule has 2 N–H and O–H groups in total. The standard InChI is InChI=1S/C20H25N3O/c1-15-8-10-17(11-9-15)22-18-12-13-21-19(14-18)20(24)23-16-6-4-2-3-5-7-16/h8-14,16H,2-7H2,1H3,(H,21,22)(H,23,24). The van der Waals surface area contributed by atoms with E-state index in [0.717, 1.165) is 24.2 Å². The van der Waals surface area contributed by atoms with Crippen LogP contribution in [-0.4, -0.2) is 16.9 Å². The van der Waals surface area contributed by atoms with Crippen LogP contribution in [0.15, 0.2) is 42.6 Å². The molecule has 1 aromatic carbocycles. The van der Waals surface area contributed by atoms with Crippen LogP contribution in [0.2, 0.25) is 0 Å². The van der Waals surface area contributed by atoms with Gasteiger partial charge in [0, 0.05) is 23.6 Å². The molecule has 4 nitrogen and oxygen atoms in total. The Hall–Kier alpha value is -2.36. The Morgan fingerprint density at radius 1 is 1.00 bits per heavy atom. The second-order valence-electron chi connectivity index (χ2n) is 6.58. The molecule has 0 saturated heterocycles. The summed E-state index contributed by atoms with van der Waals surface area (Å²) in [6.45, 7) is 2.06. The Bertz CT molecular complexity index is 674. The van der Waals surface area contributed by atoms with Crippen molar-refractivity contribution >= 4 is 17.3 Å². The average Bonchev–Trinajstić information content (AvgIpc) is 2.86. The van der Waals surface area contributed by atoms with Crippen LogP contribution in [-0.2, 0) is 0 Å². The lowest BCUT2D eigenvalue weighted by Gasteiger charge is -2.16. The zero-order chi connectivity index (χ0) is 16.8. The van der Waals surface area contributed by atoms with Crippen molar-refractivity contribution in [2.45, 2.75) is 51.5 Å². The number of hydrogen-bond acceptors (Lipinski definition) is 3. The Morgan fingerprint density at radius 2 is 1.71 bits per heavy atom. The number of nitrogens with one attached hydrogen (secondary N) is 2. The molecular weight excluding hydrogens is 298 g/mol. The number of aromatic nitrogens is 1. The van der Waals surface area contributed by atoms with E-state index in [0.29, 0.717) is 5.69 Å². The summed E-state index contributed by atoms with van der Waals surface area (Å²) in [7, 11) is 0. The molecule has 0 aliphatic heterocycles. The Balaban J connectivity index is 1.65. The zero-order valence-corrected chi connectivity index (χ0v) is 14.2. The van der Waals surface area contributed by atoms with E-state index < -0.39 is 0 Å². The summed E-state index contributed by atoms with van der Waals surface area (Å²) in [6, 6.07) is 12.2. The van der Waals surface area contributed by atoms with Crippen LogP contribution in [0.3, 0.4) is 0 Å². The third kappa shape index (κ3) is 4.57. The quantitative estimate of drug-likeness (QED) is 0.809. The Kier molecular flexibility index (Phi) is 5.47. The normalized spacial score (nSPS) is 15.5. The highest BCUT2D eigenvalue weighted by atomic mass is 16.1. The molecule has 0 radical (unpaired) electrons. The van der Waals surface area contributed by atoms with Gasteiger partial charge < -0.3 is 10.6 Å². The minimum Gasteiger partial charge on any atom is -0.355 e. The van der Waals surface area contributed by atoms with Gasteiger partial charge in [-0.1, -0.05) is 43.4 Å². The maximum absolute atomic E-state index is 12.5. The summed E-state index contributed by atoms with van der Waals surface area (Å²) < 4.78 is 0. The fourth-order valence-corrected chi connectivity index (χ4v) is 3.12. The number of amides is 1. The molecule has 24 heavy (non-hydrogen) atoms. The van der Waals surface area contributed by atoms with Gasteiger partial charge in [0.2, 0.25) is 0 Å². The van der Waals surface area contributed by atoms with Crippen LogP contribution in [0, 0.1) is 6.92 Å². The summed E-state index contributed by atoms with van der Waals surface area (Å²) >= 11 is 0. The smallest absolute Gasteiger partial charge is 0.270 e. The zero-order valence-electron chi connectivity index (χ0n) is 14.2. The topological polar surface area (TPSA) is 54.0 Å². The molecule has 1 aliphatic rings. The van der Waals surface area contributed by atoms with Gasteiger partial charge in [-0.15, -0.1) is 0 Å². The number of nitrogens with zero attached hydrogens (tertiary/aromatic N) is 1. The van der Waals surface area contributed by atoms with E-state index in [1.807, 2.05) is 24.3 Å². The van der Waals surface area contributed by atoms with E-state index in [1.54, 1.807) is 6.20 Å². The molecule has 3 rings (SSSR count). The molecule has 4 heteroatoms. The summed E-state index contributed by atoms with van der Waals surface area (Å²) in [6.07, 6.45) is 8.79. The first-order chi connectivity index (χ1) is 11.7. The van der Waals surface area contributed by atoms with Gasteiger partial charge in [0.1, 0.15) is 5.69 Å². The first kappa shape index (κ1) is 16.5. The van der Waals surface area contributed by atoms with E-state index >= 15 is 0 Å². The van der Waals surface area contributed by atoms with Crippen molar-refractivity contribution in [2.75, 3.05) is 5.32 Å². The molecular formula is C20H25N3O. The summed E-state index contributed by atoms with van der Waals surface area (Å²) in [5.74, 6) is -0.0746. The van der Waals surface area contributed by atoms with Gasteiger partial charge in [-0.05, 0) is 44.0 Å². The number of pyridine rings is 1.